The van der Waals surface area contributed by atoms with Crippen LogP contribution in [0.2, 0.25) is 0 Å². The highest BCUT2D eigenvalue weighted by Gasteiger charge is 2.45. The summed E-state index contributed by atoms with van der Waals surface area (Å²) in [5.74, 6) is -4.20. The number of likely N-dealkylation sites (tertiary alicyclic amines) is 1. The minimum absolute atomic E-state index is 0.00913. The van der Waals surface area contributed by atoms with Crippen LogP contribution in [0, 0.1) is 17.6 Å². The van der Waals surface area contributed by atoms with Crippen LogP contribution in [0.5, 0.6) is 5.75 Å². The molecule has 5 rings (SSSR count). The van der Waals surface area contributed by atoms with Crippen molar-refractivity contribution in [3.8, 4) is 5.75 Å². The van der Waals surface area contributed by atoms with Crippen LogP contribution >= 0.6 is 0 Å². The molecular weight excluding hydrogens is 638 g/mol. The summed E-state index contributed by atoms with van der Waals surface area (Å²) in [7, 11) is -1.50. The number of carbonyl (C=O) groups is 4. The predicted molar refractivity (Wildman–Crippen MR) is 166 cm³/mol. The quantitative estimate of drug-likeness (QED) is 0.254. The molecule has 2 aliphatic rings. The van der Waals surface area contributed by atoms with Gasteiger partial charge in [-0.1, -0.05) is 6.07 Å². The number of primary amides is 1. The van der Waals surface area contributed by atoms with Crippen molar-refractivity contribution in [1.29, 1.82) is 0 Å². The van der Waals surface area contributed by atoms with Crippen molar-refractivity contribution in [2.45, 2.75) is 41.5 Å². The van der Waals surface area contributed by atoms with E-state index >= 15 is 4.39 Å². The summed E-state index contributed by atoms with van der Waals surface area (Å²) in [5.41, 5.74) is 5.46. The minimum Gasteiger partial charge on any atom is -0.494 e. The van der Waals surface area contributed by atoms with Gasteiger partial charge in [-0.2, -0.15) is 0 Å². The molecule has 1 saturated carbocycles. The number of hydrogen-bond donors (Lipinski definition) is 3. The van der Waals surface area contributed by atoms with E-state index in [0.717, 1.165) is 25.3 Å². The molecule has 0 bridgehead atoms. The number of carbonyl (C=O) groups excluding carboxylic acids is 4. The molecule has 1 saturated heterocycles. The smallest absolute Gasteiger partial charge is 0.411 e. The summed E-state index contributed by atoms with van der Waals surface area (Å²) < 4.78 is 66.5. The first-order chi connectivity index (χ1) is 22.4. The third kappa shape index (κ3) is 6.75. The van der Waals surface area contributed by atoms with Crippen LogP contribution in [0.3, 0.4) is 0 Å². The molecule has 47 heavy (non-hydrogen) atoms. The maximum Gasteiger partial charge on any atom is 0.411 e. The second-order valence-corrected chi connectivity index (χ2v) is 13.4. The van der Waals surface area contributed by atoms with Gasteiger partial charge >= 0.3 is 6.09 Å². The zero-order valence-corrected chi connectivity index (χ0v) is 26.2. The molecule has 12 nitrogen and oxygen atoms in total. The van der Waals surface area contributed by atoms with Gasteiger partial charge in [0.2, 0.25) is 11.8 Å². The normalized spacial score (nSPS) is 18.3. The molecule has 0 unspecified atom stereocenters. The Morgan fingerprint density at radius 3 is 2.36 bits per heavy atom. The van der Waals surface area contributed by atoms with Crippen molar-refractivity contribution in [2.24, 2.45) is 11.7 Å². The molecule has 0 spiro atoms. The number of anilines is 2. The van der Waals surface area contributed by atoms with E-state index in [-0.39, 0.29) is 51.7 Å². The molecule has 0 aromatic heterocycles. The summed E-state index contributed by atoms with van der Waals surface area (Å²) >= 11 is 0. The van der Waals surface area contributed by atoms with E-state index in [1.165, 1.54) is 48.4 Å². The van der Waals surface area contributed by atoms with Gasteiger partial charge in [-0.05, 0) is 78.9 Å². The van der Waals surface area contributed by atoms with Gasteiger partial charge in [0.05, 0.1) is 36.1 Å². The highest BCUT2D eigenvalue weighted by atomic mass is 32.2. The van der Waals surface area contributed by atoms with Gasteiger partial charge in [-0.25, -0.2) is 22.0 Å². The molecular formula is C32H32F2N4O8S. The molecule has 3 aromatic rings. The molecule has 2 fully saturated rings. The molecule has 3 atom stereocenters. The van der Waals surface area contributed by atoms with Crippen LogP contribution in [-0.4, -0.2) is 63.5 Å². The van der Waals surface area contributed by atoms with Crippen molar-refractivity contribution in [2.75, 3.05) is 31.4 Å². The maximum atomic E-state index is 15.1. The van der Waals surface area contributed by atoms with E-state index in [9.17, 15) is 32.0 Å². The Hall–Kier alpha value is -5.05. The molecule has 3 amide bonds. The number of ether oxygens (including phenoxy) is 2. The van der Waals surface area contributed by atoms with Gasteiger partial charge in [0.25, 0.3) is 0 Å². The number of rotatable bonds is 11. The van der Waals surface area contributed by atoms with Crippen LogP contribution in [-0.2, 0) is 24.2 Å². The zero-order chi connectivity index (χ0) is 34.0. The van der Waals surface area contributed by atoms with E-state index in [1.807, 2.05) is 0 Å². The van der Waals surface area contributed by atoms with Crippen molar-refractivity contribution < 1.29 is 45.9 Å². The van der Waals surface area contributed by atoms with Gasteiger partial charge in [0, 0.05) is 23.7 Å². The highest BCUT2D eigenvalue weighted by Crippen LogP contribution is 2.45. The third-order valence-corrected chi connectivity index (χ3v) is 10.6. The fourth-order valence-electron chi connectivity index (χ4n) is 5.70. The summed E-state index contributed by atoms with van der Waals surface area (Å²) in [6.07, 6.45) is 0.855. The maximum absolute atomic E-state index is 15.1. The van der Waals surface area contributed by atoms with Crippen molar-refractivity contribution in [3.63, 3.8) is 0 Å². The Labute approximate surface area is 269 Å². The Morgan fingerprint density at radius 1 is 1.00 bits per heavy atom. The Morgan fingerprint density at radius 2 is 1.72 bits per heavy atom. The third-order valence-electron chi connectivity index (χ3n) is 8.24. The standard InChI is InChI=1S/C32H32F2N4O8S/c1-45-26-14-17(3-9-24(26)34)28(37-25-13-18(30(35)40)4-8-23(25)33)31(41)38-12-11-19(16-39)29(38)22-15-20(36-32(42)46-2)5-10-27(22)47(43,44)21-6-7-21/h3-5,8-10,13-16,19,21,28-29,37H,6-7,11-12H2,1-2H3,(H2,35,40)(H,36,42)/t19-,28+,29-/m1/s1. The van der Waals surface area contributed by atoms with Crippen LogP contribution in [0.15, 0.2) is 59.5 Å². The molecule has 248 valence electrons. The number of hydrogen-bond acceptors (Lipinski definition) is 9. The van der Waals surface area contributed by atoms with Gasteiger partial charge in [0.15, 0.2) is 21.4 Å². The molecule has 3 aromatic carbocycles. The molecule has 4 N–H and O–H groups in total. The Kier molecular flexibility index (Phi) is 9.47. The van der Waals surface area contributed by atoms with E-state index < -0.39 is 62.6 Å². The number of halogens is 2. The van der Waals surface area contributed by atoms with Crippen LogP contribution in [0.25, 0.3) is 0 Å². The molecule has 0 radical (unpaired) electrons. The summed E-state index contributed by atoms with van der Waals surface area (Å²) in [4.78, 5) is 52.1. The Balaban J connectivity index is 1.64. The number of aldehydes is 1. The number of amides is 3. The number of nitrogens with zero attached hydrogens (tertiary/aromatic N) is 1. The predicted octanol–water partition coefficient (Wildman–Crippen LogP) is 4.13. The number of nitrogens with one attached hydrogen (secondary N) is 2. The van der Waals surface area contributed by atoms with Gasteiger partial charge in [-0.3, -0.25) is 14.9 Å². The average molecular weight is 671 g/mol. The fraction of sp³-hybridized carbons (Fsp3) is 0.312. The summed E-state index contributed by atoms with van der Waals surface area (Å²) in [6.45, 7) is -0.00913. The minimum atomic E-state index is -3.88. The number of sulfone groups is 1. The Bertz CT molecular complexity index is 1850. The van der Waals surface area contributed by atoms with E-state index in [0.29, 0.717) is 19.1 Å². The van der Waals surface area contributed by atoms with Crippen molar-refractivity contribution in [1.82, 2.24) is 4.90 Å². The number of methoxy groups -OCH3 is 2. The van der Waals surface area contributed by atoms with E-state index in [2.05, 4.69) is 15.4 Å². The average Bonchev–Trinajstić information content (AvgIpc) is 3.84. The molecule has 1 aliphatic heterocycles. The number of nitrogens with two attached hydrogens (primary N) is 1. The second kappa shape index (κ2) is 13.4. The number of benzene rings is 3. The fourth-order valence-corrected chi connectivity index (χ4v) is 7.58. The van der Waals surface area contributed by atoms with Gasteiger partial charge < -0.3 is 30.2 Å². The largest absolute Gasteiger partial charge is 0.494 e. The lowest BCUT2D eigenvalue weighted by Crippen LogP contribution is -2.39. The monoisotopic (exact) mass is 670 g/mol. The first kappa shape index (κ1) is 33.3. The summed E-state index contributed by atoms with van der Waals surface area (Å²) in [6, 6.07) is 8.39. The highest BCUT2D eigenvalue weighted by molar-refractivity contribution is 7.92. The SMILES string of the molecule is COC(=O)Nc1ccc(S(=O)(=O)C2CC2)c([C@H]2[C@@H](C=O)CCN2C(=O)[C@@H](Nc2cc(C(N)=O)ccc2F)c2ccc(F)c(OC)c2)c1. The second-order valence-electron chi connectivity index (χ2n) is 11.2. The van der Waals surface area contributed by atoms with Crippen molar-refractivity contribution in [3.05, 3.63) is 82.9 Å². The first-order valence-corrected chi connectivity index (χ1v) is 16.1. The summed E-state index contributed by atoms with van der Waals surface area (Å²) in [5, 5.41) is 4.65. The van der Waals surface area contributed by atoms with Crippen LogP contribution < -0.4 is 21.1 Å². The van der Waals surface area contributed by atoms with E-state index in [4.69, 9.17) is 10.5 Å². The van der Waals surface area contributed by atoms with Crippen LogP contribution in [0.4, 0.5) is 25.0 Å². The molecule has 1 aliphatic carbocycles. The van der Waals surface area contributed by atoms with Gasteiger partial charge in [-0.15, -0.1) is 0 Å². The zero-order valence-electron chi connectivity index (χ0n) is 25.4. The first-order valence-electron chi connectivity index (χ1n) is 14.6. The lowest BCUT2D eigenvalue weighted by molar-refractivity contribution is -0.133. The van der Waals surface area contributed by atoms with Crippen LogP contribution in [0.1, 0.15) is 52.8 Å². The molecule has 1 heterocycles. The topological polar surface area (TPSA) is 174 Å². The van der Waals surface area contributed by atoms with Crippen molar-refractivity contribution >= 4 is 45.4 Å². The lowest BCUT2D eigenvalue weighted by Gasteiger charge is -2.32. The molecule has 15 heteroatoms. The van der Waals surface area contributed by atoms with Gasteiger partial charge in [0.1, 0.15) is 18.1 Å². The van der Waals surface area contributed by atoms with E-state index in [1.54, 1.807) is 0 Å². The lowest BCUT2D eigenvalue weighted by atomic mass is 9.93.